The van der Waals surface area contributed by atoms with Crippen LogP contribution in [0.5, 0.6) is 0 Å². The van der Waals surface area contributed by atoms with Gasteiger partial charge < -0.3 is 9.64 Å². The molecule has 1 aliphatic heterocycles. The van der Waals surface area contributed by atoms with Gasteiger partial charge in [-0.3, -0.25) is 19.3 Å². The molecule has 1 atom stereocenters. The van der Waals surface area contributed by atoms with Crippen LogP contribution in [0.25, 0.3) is 0 Å². The molecule has 2 aromatic rings. The van der Waals surface area contributed by atoms with Crippen LogP contribution in [0.3, 0.4) is 0 Å². The highest BCUT2D eigenvalue weighted by Gasteiger charge is 2.42. The van der Waals surface area contributed by atoms with E-state index in [0.717, 1.165) is 10.5 Å². The van der Waals surface area contributed by atoms with Crippen molar-refractivity contribution in [2.75, 3.05) is 13.2 Å². The molecule has 0 saturated heterocycles. The highest BCUT2D eigenvalue weighted by molar-refractivity contribution is 6.43. The Morgan fingerprint density at radius 1 is 1.03 bits per heavy atom. The Labute approximate surface area is 189 Å². The third-order valence-corrected chi connectivity index (χ3v) is 5.70. The van der Waals surface area contributed by atoms with Crippen LogP contribution in [0.4, 0.5) is 0 Å². The molecule has 0 aliphatic carbocycles. The molecule has 9 heteroatoms. The molecular formula is C22H20Cl2N2O5. The van der Waals surface area contributed by atoms with Crippen molar-refractivity contribution in [2.45, 2.75) is 26.4 Å². The Morgan fingerprint density at radius 2 is 1.58 bits per heavy atom. The number of nitrogens with zero attached hydrogens (tertiary/aromatic N) is 2. The first kappa shape index (κ1) is 22.8. The zero-order valence-corrected chi connectivity index (χ0v) is 18.4. The summed E-state index contributed by atoms with van der Waals surface area (Å²) in [6.07, 6.45) is 0. The lowest BCUT2D eigenvalue weighted by atomic mass is 10.1. The van der Waals surface area contributed by atoms with Gasteiger partial charge in [-0.15, -0.1) is 0 Å². The van der Waals surface area contributed by atoms with Crippen LogP contribution in [-0.4, -0.2) is 52.7 Å². The summed E-state index contributed by atoms with van der Waals surface area (Å²) in [5, 5.41) is 0.254. The summed E-state index contributed by atoms with van der Waals surface area (Å²) in [5.41, 5.74) is 1.08. The number of halogens is 2. The molecule has 0 fully saturated rings. The zero-order chi connectivity index (χ0) is 22.7. The number of carbonyl (C=O) groups is 4. The van der Waals surface area contributed by atoms with E-state index in [1.54, 1.807) is 4.90 Å². The van der Waals surface area contributed by atoms with Gasteiger partial charge >= 0.3 is 5.97 Å². The molecule has 3 rings (SSSR count). The number of hydrogen-bond donors (Lipinski definition) is 0. The molecule has 0 saturated carbocycles. The van der Waals surface area contributed by atoms with E-state index in [-0.39, 0.29) is 27.1 Å². The standard InChI is InChI=1S/C22H20Cl2N2O5/c1-3-25(11-14-7-5-4-6-8-14)19(27)12-31-22(30)13(2)26-20(28)15-9-17(23)18(24)10-16(15)21(26)29/h4-10,13H,3,11-12H2,1-2H3. The minimum absolute atomic E-state index is 0.0649. The number of benzene rings is 2. The lowest BCUT2D eigenvalue weighted by Crippen LogP contribution is -2.44. The average molecular weight is 463 g/mol. The maximum absolute atomic E-state index is 12.6. The first-order valence-electron chi connectivity index (χ1n) is 9.59. The number of rotatable bonds is 7. The molecule has 0 spiro atoms. The van der Waals surface area contributed by atoms with Crippen molar-refractivity contribution in [3.8, 4) is 0 Å². The van der Waals surface area contributed by atoms with Crippen LogP contribution in [0.2, 0.25) is 10.0 Å². The van der Waals surface area contributed by atoms with E-state index in [9.17, 15) is 19.2 Å². The van der Waals surface area contributed by atoms with Gasteiger partial charge in [0.15, 0.2) is 6.61 Å². The summed E-state index contributed by atoms with van der Waals surface area (Å²) < 4.78 is 5.11. The molecule has 0 bridgehead atoms. The third kappa shape index (κ3) is 4.73. The second-order valence-corrected chi connectivity index (χ2v) is 7.78. The van der Waals surface area contributed by atoms with Crippen molar-refractivity contribution in [3.05, 3.63) is 69.2 Å². The number of imide groups is 1. The van der Waals surface area contributed by atoms with E-state index in [4.69, 9.17) is 27.9 Å². The molecule has 1 heterocycles. The first-order chi connectivity index (χ1) is 14.7. The van der Waals surface area contributed by atoms with Gasteiger partial charge in [-0.05, 0) is 31.5 Å². The fraction of sp³-hybridized carbons (Fsp3) is 0.273. The van der Waals surface area contributed by atoms with E-state index >= 15 is 0 Å². The van der Waals surface area contributed by atoms with Crippen LogP contribution >= 0.6 is 23.2 Å². The molecule has 1 aliphatic rings. The summed E-state index contributed by atoms with van der Waals surface area (Å²) in [7, 11) is 0. The van der Waals surface area contributed by atoms with E-state index in [1.807, 2.05) is 37.3 Å². The minimum atomic E-state index is -1.22. The first-order valence-corrected chi connectivity index (χ1v) is 10.4. The molecule has 1 unspecified atom stereocenters. The van der Waals surface area contributed by atoms with Gasteiger partial charge in [0.1, 0.15) is 6.04 Å². The number of ether oxygens (including phenoxy) is 1. The zero-order valence-electron chi connectivity index (χ0n) is 16.9. The largest absolute Gasteiger partial charge is 0.454 e. The van der Waals surface area contributed by atoms with E-state index in [1.165, 1.54) is 19.1 Å². The number of fused-ring (bicyclic) bond motifs is 1. The van der Waals surface area contributed by atoms with Gasteiger partial charge in [-0.25, -0.2) is 4.79 Å². The fourth-order valence-corrected chi connectivity index (χ4v) is 3.56. The van der Waals surface area contributed by atoms with Crippen LogP contribution in [0.15, 0.2) is 42.5 Å². The summed E-state index contributed by atoms with van der Waals surface area (Å²) in [6, 6.07) is 10.8. The van der Waals surface area contributed by atoms with Crippen molar-refractivity contribution >= 4 is 46.9 Å². The maximum Gasteiger partial charge on any atom is 0.329 e. The Morgan fingerprint density at radius 3 is 2.10 bits per heavy atom. The Hall–Kier alpha value is -2.90. The molecule has 0 aromatic heterocycles. The summed E-state index contributed by atoms with van der Waals surface area (Å²) in [4.78, 5) is 52.6. The van der Waals surface area contributed by atoms with E-state index in [2.05, 4.69) is 0 Å². The molecule has 31 heavy (non-hydrogen) atoms. The van der Waals surface area contributed by atoms with Gasteiger partial charge in [0.25, 0.3) is 17.7 Å². The molecule has 2 aromatic carbocycles. The summed E-state index contributed by atoms with van der Waals surface area (Å²) in [6.45, 7) is 3.49. The number of hydrogen-bond acceptors (Lipinski definition) is 5. The number of esters is 1. The second-order valence-electron chi connectivity index (χ2n) is 6.97. The van der Waals surface area contributed by atoms with Gasteiger partial charge in [0.05, 0.1) is 21.2 Å². The molecule has 0 N–H and O–H groups in total. The van der Waals surface area contributed by atoms with Crippen molar-refractivity contribution in [1.82, 2.24) is 9.80 Å². The molecule has 3 amide bonds. The van der Waals surface area contributed by atoms with Crippen molar-refractivity contribution < 1.29 is 23.9 Å². The Kier molecular flexibility index (Phi) is 6.97. The van der Waals surface area contributed by atoms with Crippen LogP contribution in [-0.2, 0) is 20.9 Å². The van der Waals surface area contributed by atoms with Crippen LogP contribution in [0, 0.1) is 0 Å². The van der Waals surface area contributed by atoms with Crippen molar-refractivity contribution in [3.63, 3.8) is 0 Å². The predicted molar refractivity (Wildman–Crippen MR) is 115 cm³/mol. The van der Waals surface area contributed by atoms with Gasteiger partial charge in [-0.1, -0.05) is 53.5 Å². The number of carbonyl (C=O) groups excluding carboxylic acids is 4. The number of amides is 3. The lowest BCUT2D eigenvalue weighted by molar-refractivity contribution is -0.155. The van der Waals surface area contributed by atoms with E-state index in [0.29, 0.717) is 13.1 Å². The Balaban J connectivity index is 1.63. The highest BCUT2D eigenvalue weighted by atomic mass is 35.5. The third-order valence-electron chi connectivity index (χ3n) is 4.98. The van der Waals surface area contributed by atoms with Crippen LogP contribution in [0.1, 0.15) is 40.1 Å². The van der Waals surface area contributed by atoms with Gasteiger partial charge in [0, 0.05) is 13.1 Å². The highest BCUT2D eigenvalue weighted by Crippen LogP contribution is 2.32. The fourth-order valence-electron chi connectivity index (χ4n) is 3.23. The SMILES string of the molecule is CCN(Cc1ccccc1)C(=O)COC(=O)C(C)N1C(=O)c2cc(Cl)c(Cl)cc2C1=O. The van der Waals surface area contributed by atoms with Crippen LogP contribution < -0.4 is 0 Å². The number of likely N-dealkylation sites (N-methyl/N-ethyl adjacent to an activating group) is 1. The van der Waals surface area contributed by atoms with Gasteiger partial charge in [-0.2, -0.15) is 0 Å². The summed E-state index contributed by atoms with van der Waals surface area (Å²) >= 11 is 11.9. The maximum atomic E-state index is 12.6. The van der Waals surface area contributed by atoms with Crippen molar-refractivity contribution in [2.24, 2.45) is 0 Å². The molecule has 162 valence electrons. The average Bonchev–Trinajstić information content (AvgIpc) is 3.00. The topological polar surface area (TPSA) is 84.0 Å². The Bertz CT molecular complexity index is 1000. The second kappa shape index (κ2) is 9.49. The normalized spacial score (nSPS) is 13.7. The van der Waals surface area contributed by atoms with E-state index < -0.39 is 30.4 Å². The smallest absolute Gasteiger partial charge is 0.329 e. The van der Waals surface area contributed by atoms with Crippen molar-refractivity contribution in [1.29, 1.82) is 0 Å². The van der Waals surface area contributed by atoms with Gasteiger partial charge in [0.2, 0.25) is 0 Å². The minimum Gasteiger partial charge on any atom is -0.454 e. The monoisotopic (exact) mass is 462 g/mol. The molecule has 7 nitrogen and oxygen atoms in total. The molecule has 0 radical (unpaired) electrons. The molecular weight excluding hydrogens is 443 g/mol. The predicted octanol–water partition coefficient (Wildman–Crippen LogP) is 3.57. The summed E-state index contributed by atoms with van der Waals surface area (Å²) in [5.74, 6) is -2.59. The lowest BCUT2D eigenvalue weighted by Gasteiger charge is -2.23. The quantitative estimate of drug-likeness (QED) is 0.463.